The molecular weight excluding hydrogens is 326 g/mol. The van der Waals surface area contributed by atoms with E-state index >= 15 is 0 Å². The van der Waals surface area contributed by atoms with Crippen LogP contribution in [0.5, 0.6) is 11.5 Å². The van der Waals surface area contributed by atoms with Crippen molar-refractivity contribution < 1.29 is 14.3 Å². The molecule has 2 aromatic carbocycles. The lowest BCUT2D eigenvalue weighted by atomic mass is 10.2. The van der Waals surface area contributed by atoms with Gasteiger partial charge in [0.05, 0.1) is 6.54 Å². The Morgan fingerprint density at radius 3 is 2.46 bits per heavy atom. The Morgan fingerprint density at radius 1 is 1.08 bits per heavy atom. The summed E-state index contributed by atoms with van der Waals surface area (Å²) < 4.78 is 11.0. The average Bonchev–Trinajstić information content (AvgIpc) is 2.60. The summed E-state index contributed by atoms with van der Waals surface area (Å²) in [5.41, 5.74) is 2.24. The summed E-state index contributed by atoms with van der Waals surface area (Å²) in [5, 5.41) is 3.42. The summed E-state index contributed by atoms with van der Waals surface area (Å²) >= 11 is 6.03. The molecule has 0 fully saturated rings. The van der Waals surface area contributed by atoms with Gasteiger partial charge in [-0.3, -0.25) is 4.79 Å². The van der Waals surface area contributed by atoms with Gasteiger partial charge in [-0.05, 0) is 48.7 Å². The second-order valence-electron chi connectivity index (χ2n) is 5.40. The zero-order valence-electron chi connectivity index (χ0n) is 14.0. The van der Waals surface area contributed by atoms with Crippen LogP contribution >= 0.6 is 11.6 Å². The Labute approximate surface area is 147 Å². The fourth-order valence-corrected chi connectivity index (χ4v) is 2.21. The Morgan fingerprint density at radius 2 is 1.79 bits per heavy atom. The van der Waals surface area contributed by atoms with Crippen molar-refractivity contribution in [3.05, 3.63) is 58.6 Å². The minimum atomic E-state index is -0.180. The molecule has 0 radical (unpaired) electrons. The van der Waals surface area contributed by atoms with Gasteiger partial charge < -0.3 is 14.8 Å². The fraction of sp³-hybridized carbons (Fsp3) is 0.316. The molecule has 0 bridgehead atoms. The van der Waals surface area contributed by atoms with Crippen LogP contribution in [-0.4, -0.2) is 25.7 Å². The summed E-state index contributed by atoms with van der Waals surface area (Å²) in [6.45, 7) is 4.79. The molecule has 0 aromatic heterocycles. The predicted octanol–water partition coefficient (Wildman–Crippen LogP) is 3.78. The Balaban J connectivity index is 1.64. The molecule has 0 aliphatic carbocycles. The van der Waals surface area contributed by atoms with Gasteiger partial charge in [0.1, 0.15) is 18.1 Å². The van der Waals surface area contributed by atoms with Crippen LogP contribution in [0, 0.1) is 6.92 Å². The van der Waals surface area contributed by atoms with Gasteiger partial charge in [0.2, 0.25) is 0 Å². The molecule has 0 atom stereocenters. The highest BCUT2D eigenvalue weighted by molar-refractivity contribution is 6.31. The van der Waals surface area contributed by atoms with E-state index in [0.29, 0.717) is 29.7 Å². The number of halogens is 1. The van der Waals surface area contributed by atoms with Gasteiger partial charge >= 0.3 is 0 Å². The Hall–Kier alpha value is -2.20. The molecule has 2 aromatic rings. The molecular formula is C19H22ClNO3. The number of nitrogens with one attached hydrogen (secondary N) is 1. The third kappa shape index (κ3) is 5.78. The number of benzene rings is 2. The fourth-order valence-electron chi connectivity index (χ4n) is 2.04. The molecule has 1 amide bonds. The minimum Gasteiger partial charge on any atom is -0.492 e. The van der Waals surface area contributed by atoms with E-state index in [4.69, 9.17) is 21.1 Å². The number of aryl methyl sites for hydroxylation is 2. The molecule has 5 heteroatoms. The molecule has 0 spiro atoms. The highest BCUT2D eigenvalue weighted by Gasteiger charge is 2.03. The van der Waals surface area contributed by atoms with Crippen molar-refractivity contribution in [1.82, 2.24) is 5.32 Å². The van der Waals surface area contributed by atoms with E-state index in [1.54, 1.807) is 6.07 Å². The number of hydrogen-bond donors (Lipinski definition) is 1. The second-order valence-corrected chi connectivity index (χ2v) is 5.80. The van der Waals surface area contributed by atoms with Gasteiger partial charge in [-0.2, -0.15) is 0 Å². The number of carbonyl (C=O) groups excluding carboxylic acids is 1. The molecule has 0 aliphatic heterocycles. The van der Waals surface area contributed by atoms with Gasteiger partial charge in [-0.25, -0.2) is 0 Å². The molecule has 128 valence electrons. The van der Waals surface area contributed by atoms with Gasteiger partial charge in [0, 0.05) is 5.02 Å². The number of ether oxygens (including phenoxy) is 2. The number of amides is 1. The first kappa shape index (κ1) is 18.1. The van der Waals surface area contributed by atoms with E-state index in [2.05, 4.69) is 12.2 Å². The standard InChI is InChI=1S/C19H22ClNO3/c1-3-15-5-8-16(9-6-15)24-13-19(22)21-10-11-23-17-7-4-14(2)18(20)12-17/h4-9,12H,3,10-11,13H2,1-2H3,(H,21,22). The summed E-state index contributed by atoms with van der Waals surface area (Å²) in [6, 6.07) is 13.2. The van der Waals surface area contributed by atoms with E-state index in [9.17, 15) is 4.79 Å². The third-order valence-electron chi connectivity index (χ3n) is 3.54. The van der Waals surface area contributed by atoms with Crippen molar-refractivity contribution in [3.8, 4) is 11.5 Å². The highest BCUT2D eigenvalue weighted by atomic mass is 35.5. The SMILES string of the molecule is CCc1ccc(OCC(=O)NCCOc2ccc(C)c(Cl)c2)cc1. The lowest BCUT2D eigenvalue weighted by molar-refractivity contribution is -0.123. The van der Waals surface area contributed by atoms with Crippen LogP contribution in [0.4, 0.5) is 0 Å². The van der Waals surface area contributed by atoms with Crippen molar-refractivity contribution in [2.24, 2.45) is 0 Å². The van der Waals surface area contributed by atoms with E-state index in [0.717, 1.165) is 12.0 Å². The lowest BCUT2D eigenvalue weighted by Gasteiger charge is -2.10. The zero-order valence-corrected chi connectivity index (χ0v) is 14.7. The Kier molecular flexibility index (Phi) is 6.94. The van der Waals surface area contributed by atoms with Crippen molar-refractivity contribution in [1.29, 1.82) is 0 Å². The first-order chi connectivity index (χ1) is 11.6. The number of carbonyl (C=O) groups is 1. The zero-order chi connectivity index (χ0) is 17.4. The van der Waals surface area contributed by atoms with Crippen molar-refractivity contribution >= 4 is 17.5 Å². The maximum absolute atomic E-state index is 11.7. The minimum absolute atomic E-state index is 0.0121. The molecule has 0 saturated heterocycles. The van der Waals surface area contributed by atoms with Crippen molar-refractivity contribution in [3.63, 3.8) is 0 Å². The van der Waals surface area contributed by atoms with Crippen LogP contribution < -0.4 is 14.8 Å². The largest absolute Gasteiger partial charge is 0.492 e. The lowest BCUT2D eigenvalue weighted by Crippen LogP contribution is -2.32. The van der Waals surface area contributed by atoms with Crippen LogP contribution in [0.3, 0.4) is 0 Å². The van der Waals surface area contributed by atoms with E-state index in [-0.39, 0.29) is 12.5 Å². The van der Waals surface area contributed by atoms with Crippen molar-refractivity contribution in [2.45, 2.75) is 20.3 Å². The van der Waals surface area contributed by atoms with Gasteiger partial charge in [-0.1, -0.05) is 36.7 Å². The molecule has 0 saturated carbocycles. The van der Waals surface area contributed by atoms with E-state index in [1.165, 1.54) is 5.56 Å². The molecule has 0 heterocycles. The monoisotopic (exact) mass is 347 g/mol. The molecule has 0 unspecified atom stereocenters. The molecule has 4 nitrogen and oxygen atoms in total. The van der Waals surface area contributed by atoms with E-state index < -0.39 is 0 Å². The van der Waals surface area contributed by atoms with Crippen LogP contribution in [0.25, 0.3) is 0 Å². The van der Waals surface area contributed by atoms with Gasteiger partial charge in [0.15, 0.2) is 6.61 Å². The van der Waals surface area contributed by atoms with Crippen LogP contribution in [0.1, 0.15) is 18.1 Å². The van der Waals surface area contributed by atoms with Crippen molar-refractivity contribution in [2.75, 3.05) is 19.8 Å². The van der Waals surface area contributed by atoms with Crippen LogP contribution in [-0.2, 0) is 11.2 Å². The second kappa shape index (κ2) is 9.18. The summed E-state index contributed by atoms with van der Waals surface area (Å²) in [4.78, 5) is 11.7. The topological polar surface area (TPSA) is 47.6 Å². The Bertz CT molecular complexity index is 671. The van der Waals surface area contributed by atoms with Gasteiger partial charge in [-0.15, -0.1) is 0 Å². The van der Waals surface area contributed by atoms with Crippen LogP contribution in [0.2, 0.25) is 5.02 Å². The highest BCUT2D eigenvalue weighted by Crippen LogP contribution is 2.21. The summed E-state index contributed by atoms with van der Waals surface area (Å²) in [6.07, 6.45) is 0.979. The molecule has 24 heavy (non-hydrogen) atoms. The quantitative estimate of drug-likeness (QED) is 0.739. The van der Waals surface area contributed by atoms with Gasteiger partial charge in [0.25, 0.3) is 5.91 Å². The molecule has 0 aliphatic rings. The smallest absolute Gasteiger partial charge is 0.258 e. The maximum atomic E-state index is 11.7. The van der Waals surface area contributed by atoms with E-state index in [1.807, 2.05) is 43.3 Å². The molecule has 2 rings (SSSR count). The summed E-state index contributed by atoms with van der Waals surface area (Å²) in [7, 11) is 0. The third-order valence-corrected chi connectivity index (χ3v) is 3.94. The van der Waals surface area contributed by atoms with Crippen LogP contribution in [0.15, 0.2) is 42.5 Å². The number of hydrogen-bond acceptors (Lipinski definition) is 3. The first-order valence-electron chi connectivity index (χ1n) is 7.96. The maximum Gasteiger partial charge on any atom is 0.258 e. The average molecular weight is 348 g/mol. The number of rotatable bonds is 8. The normalized spacial score (nSPS) is 10.3. The predicted molar refractivity (Wildman–Crippen MR) is 96.0 cm³/mol. The first-order valence-corrected chi connectivity index (χ1v) is 8.33. The summed E-state index contributed by atoms with van der Waals surface area (Å²) in [5.74, 6) is 1.19. The molecule has 1 N–H and O–H groups in total.